The number of nitrogens with zero attached hydrogens (tertiary/aromatic N) is 1. The summed E-state index contributed by atoms with van der Waals surface area (Å²) in [5, 5.41) is 8.31. The molecule has 3 rings (SSSR count). The Labute approximate surface area is 182 Å². The van der Waals surface area contributed by atoms with Crippen molar-refractivity contribution in [2.45, 2.75) is 39.2 Å². The standard InChI is InChI=1S/C23H28N4O4/c1-15(2)24-23(30)26-17-9-7-16(8-10-17)22(29)25-18-11-12-20(31-3)19(14-18)27-13-5-4-6-21(27)28/h7-12,14-15H,4-6,13H2,1-3H3,(H,25,29)(H2,24,26,30). The third-order valence-electron chi connectivity index (χ3n) is 4.88. The van der Waals surface area contributed by atoms with E-state index in [2.05, 4.69) is 16.0 Å². The van der Waals surface area contributed by atoms with Crippen LogP contribution in [0.15, 0.2) is 42.5 Å². The molecule has 0 bridgehead atoms. The van der Waals surface area contributed by atoms with Crippen molar-refractivity contribution in [1.82, 2.24) is 5.32 Å². The van der Waals surface area contributed by atoms with Crippen LogP contribution in [-0.2, 0) is 4.79 Å². The van der Waals surface area contributed by atoms with Crippen molar-refractivity contribution in [3.8, 4) is 5.75 Å². The van der Waals surface area contributed by atoms with Gasteiger partial charge in [-0.15, -0.1) is 0 Å². The van der Waals surface area contributed by atoms with Gasteiger partial charge in [-0.05, 0) is 69.2 Å². The van der Waals surface area contributed by atoms with Crippen LogP contribution in [-0.4, -0.2) is 37.5 Å². The van der Waals surface area contributed by atoms with E-state index in [9.17, 15) is 14.4 Å². The molecule has 1 aliphatic heterocycles. The minimum Gasteiger partial charge on any atom is -0.495 e. The molecule has 0 unspecified atom stereocenters. The summed E-state index contributed by atoms with van der Waals surface area (Å²) >= 11 is 0. The fourth-order valence-corrected chi connectivity index (χ4v) is 3.38. The molecule has 1 heterocycles. The minimum absolute atomic E-state index is 0.0275. The van der Waals surface area contributed by atoms with E-state index in [-0.39, 0.29) is 23.9 Å². The maximum absolute atomic E-state index is 12.7. The number of nitrogens with one attached hydrogen (secondary N) is 3. The number of hydrogen-bond acceptors (Lipinski definition) is 4. The molecule has 8 heteroatoms. The SMILES string of the molecule is COc1ccc(NC(=O)c2ccc(NC(=O)NC(C)C)cc2)cc1N1CCCCC1=O. The monoisotopic (exact) mass is 424 g/mol. The molecule has 4 amide bonds. The summed E-state index contributed by atoms with van der Waals surface area (Å²) in [7, 11) is 1.56. The number of benzene rings is 2. The van der Waals surface area contributed by atoms with Crippen LogP contribution < -0.4 is 25.6 Å². The van der Waals surface area contributed by atoms with Crippen LogP contribution in [0.1, 0.15) is 43.5 Å². The highest BCUT2D eigenvalue weighted by Gasteiger charge is 2.23. The fourth-order valence-electron chi connectivity index (χ4n) is 3.38. The van der Waals surface area contributed by atoms with Gasteiger partial charge in [0.15, 0.2) is 0 Å². The average Bonchev–Trinajstić information content (AvgIpc) is 2.74. The Hall–Kier alpha value is -3.55. The Kier molecular flexibility index (Phi) is 7.12. The van der Waals surface area contributed by atoms with E-state index in [1.807, 2.05) is 13.8 Å². The van der Waals surface area contributed by atoms with Gasteiger partial charge in [0, 0.05) is 35.9 Å². The number of amides is 4. The van der Waals surface area contributed by atoms with Crippen LogP contribution in [0.3, 0.4) is 0 Å². The molecule has 0 radical (unpaired) electrons. The zero-order valence-corrected chi connectivity index (χ0v) is 18.0. The number of rotatable bonds is 6. The van der Waals surface area contributed by atoms with E-state index in [1.165, 1.54) is 0 Å². The van der Waals surface area contributed by atoms with Crippen molar-refractivity contribution in [3.05, 3.63) is 48.0 Å². The molecule has 0 atom stereocenters. The molecular weight excluding hydrogens is 396 g/mol. The Morgan fingerprint density at radius 2 is 1.71 bits per heavy atom. The van der Waals surface area contributed by atoms with E-state index < -0.39 is 0 Å². The van der Waals surface area contributed by atoms with Crippen molar-refractivity contribution < 1.29 is 19.1 Å². The van der Waals surface area contributed by atoms with Crippen LogP contribution in [0.4, 0.5) is 21.9 Å². The number of methoxy groups -OCH3 is 1. The number of urea groups is 1. The quantitative estimate of drug-likeness (QED) is 0.653. The second-order valence-electron chi connectivity index (χ2n) is 7.67. The van der Waals surface area contributed by atoms with Gasteiger partial charge in [-0.3, -0.25) is 9.59 Å². The first-order chi connectivity index (χ1) is 14.9. The molecule has 1 saturated heterocycles. The van der Waals surface area contributed by atoms with Crippen molar-refractivity contribution in [2.24, 2.45) is 0 Å². The van der Waals surface area contributed by atoms with Gasteiger partial charge in [-0.1, -0.05) is 0 Å². The second kappa shape index (κ2) is 9.97. The number of carbonyl (C=O) groups excluding carboxylic acids is 3. The lowest BCUT2D eigenvalue weighted by Crippen LogP contribution is -2.35. The highest BCUT2D eigenvalue weighted by atomic mass is 16.5. The number of ether oxygens (including phenoxy) is 1. The summed E-state index contributed by atoms with van der Waals surface area (Å²) < 4.78 is 5.41. The van der Waals surface area contributed by atoms with Gasteiger partial charge >= 0.3 is 6.03 Å². The molecule has 1 fully saturated rings. The van der Waals surface area contributed by atoms with Gasteiger partial charge in [0.1, 0.15) is 5.75 Å². The van der Waals surface area contributed by atoms with Gasteiger partial charge in [0.2, 0.25) is 5.91 Å². The molecule has 0 saturated carbocycles. The van der Waals surface area contributed by atoms with Gasteiger partial charge < -0.3 is 25.6 Å². The molecule has 31 heavy (non-hydrogen) atoms. The topological polar surface area (TPSA) is 99.8 Å². The first kappa shape index (κ1) is 22.1. The lowest BCUT2D eigenvalue weighted by Gasteiger charge is -2.28. The molecule has 0 aromatic heterocycles. The Morgan fingerprint density at radius 1 is 1.00 bits per heavy atom. The van der Waals surface area contributed by atoms with Crippen molar-refractivity contribution in [1.29, 1.82) is 0 Å². The lowest BCUT2D eigenvalue weighted by molar-refractivity contribution is -0.119. The van der Waals surface area contributed by atoms with Crippen LogP contribution in [0.5, 0.6) is 5.75 Å². The van der Waals surface area contributed by atoms with Gasteiger partial charge in [-0.25, -0.2) is 4.79 Å². The van der Waals surface area contributed by atoms with E-state index in [4.69, 9.17) is 4.74 Å². The van der Waals surface area contributed by atoms with Crippen LogP contribution in [0.2, 0.25) is 0 Å². The van der Waals surface area contributed by atoms with Crippen LogP contribution in [0.25, 0.3) is 0 Å². The van der Waals surface area contributed by atoms with E-state index >= 15 is 0 Å². The number of anilines is 3. The molecule has 3 N–H and O–H groups in total. The van der Waals surface area contributed by atoms with Crippen LogP contribution >= 0.6 is 0 Å². The van der Waals surface area contributed by atoms with E-state index in [0.29, 0.717) is 41.3 Å². The van der Waals surface area contributed by atoms with Gasteiger partial charge in [0.25, 0.3) is 5.91 Å². The summed E-state index contributed by atoms with van der Waals surface area (Å²) in [6.45, 7) is 4.38. The summed E-state index contributed by atoms with van der Waals surface area (Å²) in [5.41, 5.74) is 2.25. The summed E-state index contributed by atoms with van der Waals surface area (Å²) in [5.74, 6) is 0.347. The fraction of sp³-hybridized carbons (Fsp3) is 0.348. The summed E-state index contributed by atoms with van der Waals surface area (Å²) in [4.78, 5) is 38.5. The summed E-state index contributed by atoms with van der Waals surface area (Å²) in [6, 6.07) is 11.6. The second-order valence-corrected chi connectivity index (χ2v) is 7.67. The largest absolute Gasteiger partial charge is 0.495 e. The molecule has 1 aliphatic rings. The Balaban J connectivity index is 1.70. The van der Waals surface area contributed by atoms with Crippen molar-refractivity contribution >= 4 is 34.9 Å². The first-order valence-corrected chi connectivity index (χ1v) is 10.3. The molecule has 2 aromatic carbocycles. The zero-order chi connectivity index (χ0) is 22.4. The number of piperidine rings is 1. The third-order valence-corrected chi connectivity index (χ3v) is 4.88. The predicted molar refractivity (Wildman–Crippen MR) is 121 cm³/mol. The lowest BCUT2D eigenvalue weighted by atomic mass is 10.1. The molecular formula is C23H28N4O4. The summed E-state index contributed by atoms with van der Waals surface area (Å²) in [6.07, 6.45) is 2.33. The van der Waals surface area contributed by atoms with Gasteiger partial charge in [0.05, 0.1) is 12.8 Å². The van der Waals surface area contributed by atoms with Gasteiger partial charge in [-0.2, -0.15) is 0 Å². The smallest absolute Gasteiger partial charge is 0.319 e. The van der Waals surface area contributed by atoms with E-state index in [0.717, 1.165) is 12.8 Å². The highest BCUT2D eigenvalue weighted by molar-refractivity contribution is 6.05. The normalized spacial score (nSPS) is 13.7. The molecule has 2 aromatic rings. The molecule has 0 aliphatic carbocycles. The number of hydrogen-bond donors (Lipinski definition) is 3. The first-order valence-electron chi connectivity index (χ1n) is 10.3. The van der Waals surface area contributed by atoms with Crippen molar-refractivity contribution in [3.63, 3.8) is 0 Å². The zero-order valence-electron chi connectivity index (χ0n) is 18.0. The highest BCUT2D eigenvalue weighted by Crippen LogP contribution is 2.33. The maximum Gasteiger partial charge on any atom is 0.319 e. The minimum atomic E-state index is -0.301. The van der Waals surface area contributed by atoms with E-state index in [1.54, 1.807) is 54.5 Å². The molecule has 8 nitrogen and oxygen atoms in total. The predicted octanol–water partition coefficient (Wildman–Crippen LogP) is 3.99. The third kappa shape index (κ3) is 5.75. The maximum atomic E-state index is 12.7. The van der Waals surface area contributed by atoms with Crippen molar-refractivity contribution in [2.75, 3.05) is 29.2 Å². The molecule has 0 spiro atoms. The number of carbonyl (C=O) groups is 3. The molecule has 164 valence electrons. The average molecular weight is 425 g/mol. The Morgan fingerprint density at radius 3 is 2.35 bits per heavy atom. The Bertz CT molecular complexity index is 957. The van der Waals surface area contributed by atoms with Crippen LogP contribution in [0, 0.1) is 0 Å².